The Hall–Kier alpha value is -3.58. The summed E-state index contributed by atoms with van der Waals surface area (Å²) in [5, 5.41) is 45.2. The van der Waals surface area contributed by atoms with Gasteiger partial charge in [-0.25, -0.2) is 0 Å². The first kappa shape index (κ1) is 29.4. The van der Waals surface area contributed by atoms with Gasteiger partial charge < -0.3 is 10.2 Å². The molecule has 0 saturated carbocycles. The number of hydrogen-bond donors (Lipinski definition) is 4. The summed E-state index contributed by atoms with van der Waals surface area (Å²) in [5.74, 6) is -1.06. The number of carbonyl (C=O) groups is 2. The summed E-state index contributed by atoms with van der Waals surface area (Å²) in [7, 11) is 0. The number of amides is 2. The summed E-state index contributed by atoms with van der Waals surface area (Å²) in [6.07, 6.45) is 3.38. The van der Waals surface area contributed by atoms with Gasteiger partial charge in [0.05, 0.1) is 0 Å². The molecule has 210 valence electrons. The third-order valence-electron chi connectivity index (χ3n) is 6.17. The molecule has 2 atom stereocenters. The maximum Gasteiger partial charge on any atom is 0.258 e. The highest BCUT2D eigenvalue weighted by atomic mass is 32.1. The van der Waals surface area contributed by atoms with Crippen molar-refractivity contribution in [1.82, 2.24) is 20.4 Å². The molecule has 2 aromatic carbocycles. The highest BCUT2D eigenvalue weighted by Gasteiger charge is 2.32. The number of aliphatic hydroxyl groups is 2. The second kappa shape index (κ2) is 13.2. The van der Waals surface area contributed by atoms with Crippen molar-refractivity contribution >= 4 is 44.8 Å². The maximum atomic E-state index is 12.6. The van der Waals surface area contributed by atoms with Crippen LogP contribution in [0.1, 0.15) is 47.8 Å². The molecule has 0 spiro atoms. The molecule has 2 heterocycles. The van der Waals surface area contributed by atoms with E-state index < -0.39 is 23.0 Å². The molecule has 4 aromatic rings. The van der Waals surface area contributed by atoms with Crippen LogP contribution in [-0.2, 0) is 35.3 Å². The van der Waals surface area contributed by atoms with Gasteiger partial charge in [-0.05, 0) is 37.8 Å². The van der Waals surface area contributed by atoms with Gasteiger partial charge in [0.2, 0.25) is 10.3 Å². The molecule has 4 rings (SSSR count). The van der Waals surface area contributed by atoms with E-state index in [-0.39, 0.29) is 12.8 Å². The Morgan fingerprint density at radius 1 is 0.675 bits per heavy atom. The standard InChI is InChI=1S/C28H32N6O4S2/c1-27(37,17-19-11-5-3-6-12-19)23(35)29-25-33-31-21(39-25)15-9-10-16-22-32-34-26(40-22)30-24(36)28(2,38)18-20-13-7-4-8-14-20/h3-8,11-14,37-38H,9-10,15-18H2,1-2H3,(H,29,33,35)(H,30,34,36). The molecule has 0 aliphatic heterocycles. The SMILES string of the molecule is CC(O)(Cc1ccccc1)C(=O)Nc1nnc(CCCCc2nnc(NC(=O)C(C)(O)Cc3ccccc3)s2)s1. The van der Waals surface area contributed by atoms with Crippen molar-refractivity contribution in [3.8, 4) is 0 Å². The van der Waals surface area contributed by atoms with Gasteiger partial charge >= 0.3 is 0 Å². The van der Waals surface area contributed by atoms with Gasteiger partial charge in [-0.15, -0.1) is 20.4 Å². The zero-order valence-corrected chi connectivity index (χ0v) is 24.0. The third-order valence-corrected chi connectivity index (χ3v) is 7.96. The normalized spacial score (nSPS) is 14.2. The molecular formula is C28H32N6O4S2. The van der Waals surface area contributed by atoms with Crippen molar-refractivity contribution < 1.29 is 19.8 Å². The van der Waals surface area contributed by atoms with Gasteiger partial charge in [0.15, 0.2) is 0 Å². The Balaban J connectivity index is 1.19. The summed E-state index contributed by atoms with van der Waals surface area (Å²) >= 11 is 2.56. The van der Waals surface area contributed by atoms with Crippen LogP contribution in [0.3, 0.4) is 0 Å². The van der Waals surface area contributed by atoms with Gasteiger partial charge in [-0.1, -0.05) is 83.3 Å². The summed E-state index contributed by atoms with van der Waals surface area (Å²) < 4.78 is 0. The summed E-state index contributed by atoms with van der Waals surface area (Å²) in [6.45, 7) is 2.96. The van der Waals surface area contributed by atoms with E-state index in [1.807, 2.05) is 60.7 Å². The second-order valence-electron chi connectivity index (χ2n) is 9.99. The molecule has 0 radical (unpaired) electrons. The fourth-order valence-corrected chi connectivity index (χ4v) is 5.53. The van der Waals surface area contributed by atoms with E-state index in [0.717, 1.165) is 34.0 Å². The van der Waals surface area contributed by atoms with E-state index in [1.54, 1.807) is 0 Å². The van der Waals surface area contributed by atoms with E-state index in [4.69, 9.17) is 0 Å². The number of benzene rings is 2. The summed E-state index contributed by atoms with van der Waals surface area (Å²) in [4.78, 5) is 25.2. The lowest BCUT2D eigenvalue weighted by Gasteiger charge is -2.21. The lowest BCUT2D eigenvalue weighted by molar-refractivity contribution is -0.132. The van der Waals surface area contributed by atoms with Gasteiger partial charge in [-0.3, -0.25) is 20.2 Å². The first-order valence-corrected chi connectivity index (χ1v) is 14.5. The van der Waals surface area contributed by atoms with E-state index in [9.17, 15) is 19.8 Å². The monoisotopic (exact) mass is 580 g/mol. The Labute approximate surface area is 240 Å². The van der Waals surface area contributed by atoms with Crippen LogP contribution >= 0.6 is 22.7 Å². The van der Waals surface area contributed by atoms with Crippen LogP contribution in [0.15, 0.2) is 60.7 Å². The number of nitrogens with one attached hydrogen (secondary N) is 2. The Morgan fingerprint density at radius 3 is 1.43 bits per heavy atom. The Morgan fingerprint density at radius 2 is 1.05 bits per heavy atom. The van der Waals surface area contributed by atoms with E-state index in [0.29, 0.717) is 23.1 Å². The van der Waals surface area contributed by atoms with Crippen LogP contribution in [-0.4, -0.2) is 53.6 Å². The van der Waals surface area contributed by atoms with Crippen molar-refractivity contribution in [3.63, 3.8) is 0 Å². The molecule has 12 heteroatoms. The molecule has 0 fully saturated rings. The molecule has 4 N–H and O–H groups in total. The zero-order valence-electron chi connectivity index (χ0n) is 22.3. The largest absolute Gasteiger partial charge is 0.380 e. The minimum atomic E-state index is -1.58. The summed E-state index contributed by atoms with van der Waals surface area (Å²) in [5.41, 5.74) is -1.43. The van der Waals surface area contributed by atoms with E-state index in [2.05, 4.69) is 31.0 Å². The molecular weight excluding hydrogens is 548 g/mol. The Kier molecular flexibility index (Phi) is 9.69. The van der Waals surface area contributed by atoms with Crippen molar-refractivity contribution in [2.45, 2.75) is 63.6 Å². The number of hydrogen-bond acceptors (Lipinski definition) is 10. The van der Waals surface area contributed by atoms with Crippen LogP contribution in [0.4, 0.5) is 10.3 Å². The number of rotatable bonds is 13. The van der Waals surface area contributed by atoms with E-state index >= 15 is 0 Å². The lowest BCUT2D eigenvalue weighted by atomic mass is 9.96. The predicted molar refractivity (Wildman–Crippen MR) is 155 cm³/mol. The van der Waals surface area contributed by atoms with Crippen LogP contribution in [0.25, 0.3) is 0 Å². The van der Waals surface area contributed by atoms with Crippen LogP contribution < -0.4 is 10.6 Å². The third kappa shape index (κ3) is 8.46. The Bertz CT molecular complexity index is 1300. The van der Waals surface area contributed by atoms with Crippen LogP contribution in [0, 0.1) is 0 Å². The van der Waals surface area contributed by atoms with Crippen molar-refractivity contribution in [2.75, 3.05) is 10.6 Å². The first-order valence-electron chi connectivity index (χ1n) is 12.9. The fourth-order valence-electron chi connectivity index (χ4n) is 3.97. The molecule has 2 aromatic heterocycles. The van der Waals surface area contributed by atoms with Gasteiger partial charge in [0.25, 0.3) is 11.8 Å². The van der Waals surface area contributed by atoms with Gasteiger partial charge in [0.1, 0.15) is 21.2 Å². The van der Waals surface area contributed by atoms with Crippen LogP contribution in [0.5, 0.6) is 0 Å². The van der Waals surface area contributed by atoms with E-state index in [1.165, 1.54) is 36.5 Å². The first-order chi connectivity index (χ1) is 19.1. The fraction of sp³-hybridized carbons (Fsp3) is 0.357. The lowest BCUT2D eigenvalue weighted by Crippen LogP contribution is -2.42. The molecule has 0 bridgehead atoms. The highest BCUT2D eigenvalue weighted by Crippen LogP contribution is 2.23. The molecule has 2 unspecified atom stereocenters. The zero-order chi connectivity index (χ0) is 28.6. The minimum Gasteiger partial charge on any atom is -0.380 e. The molecule has 40 heavy (non-hydrogen) atoms. The number of carbonyl (C=O) groups excluding carboxylic acids is 2. The number of unbranched alkanes of at least 4 members (excludes halogenated alkanes) is 1. The minimum absolute atomic E-state index is 0.190. The molecule has 0 aliphatic rings. The second-order valence-corrected chi connectivity index (χ2v) is 12.1. The molecule has 10 nitrogen and oxygen atoms in total. The van der Waals surface area contributed by atoms with Gasteiger partial charge in [-0.2, -0.15) is 0 Å². The predicted octanol–water partition coefficient (Wildman–Crippen LogP) is 3.82. The molecule has 2 amide bonds. The highest BCUT2D eigenvalue weighted by molar-refractivity contribution is 7.15. The quantitative estimate of drug-likeness (QED) is 0.174. The van der Waals surface area contributed by atoms with Crippen molar-refractivity contribution in [3.05, 3.63) is 81.8 Å². The number of aromatic nitrogens is 4. The number of nitrogens with zero attached hydrogens (tertiary/aromatic N) is 4. The summed E-state index contributed by atoms with van der Waals surface area (Å²) in [6, 6.07) is 18.7. The number of anilines is 2. The smallest absolute Gasteiger partial charge is 0.258 e. The van der Waals surface area contributed by atoms with Crippen LogP contribution in [0.2, 0.25) is 0 Å². The topological polar surface area (TPSA) is 150 Å². The average molecular weight is 581 g/mol. The van der Waals surface area contributed by atoms with Crippen molar-refractivity contribution in [1.29, 1.82) is 0 Å². The molecule has 0 saturated heterocycles. The number of aryl methyl sites for hydroxylation is 2. The molecule has 0 aliphatic carbocycles. The maximum absolute atomic E-state index is 12.6. The average Bonchev–Trinajstić information content (AvgIpc) is 3.56. The van der Waals surface area contributed by atoms with Gasteiger partial charge in [0, 0.05) is 25.7 Å². The van der Waals surface area contributed by atoms with Crippen molar-refractivity contribution in [2.24, 2.45) is 0 Å².